The maximum Gasteiger partial charge on any atom is 0.412 e. The van der Waals surface area contributed by atoms with Crippen molar-refractivity contribution in [2.45, 2.75) is 39.2 Å². The Hall–Kier alpha value is -3.76. The van der Waals surface area contributed by atoms with Gasteiger partial charge in [-0.15, -0.1) is 0 Å². The lowest BCUT2D eigenvalue weighted by Gasteiger charge is -2.33. The molecule has 1 aliphatic heterocycles. The summed E-state index contributed by atoms with van der Waals surface area (Å²) in [6, 6.07) is 13.3. The van der Waals surface area contributed by atoms with Crippen molar-refractivity contribution in [3.8, 4) is 0 Å². The number of fused-ring (bicyclic) bond motifs is 1. The van der Waals surface area contributed by atoms with E-state index < -0.39 is 18.0 Å². The third kappa shape index (κ3) is 8.87. The van der Waals surface area contributed by atoms with Crippen molar-refractivity contribution in [3.63, 3.8) is 0 Å². The van der Waals surface area contributed by atoms with Gasteiger partial charge in [-0.05, 0) is 43.0 Å². The van der Waals surface area contributed by atoms with E-state index in [2.05, 4.69) is 15.2 Å². The smallest absolute Gasteiger partial charge is 0.412 e. The number of aryl methyl sites for hydroxylation is 1. The van der Waals surface area contributed by atoms with Gasteiger partial charge in [-0.2, -0.15) is 0 Å². The summed E-state index contributed by atoms with van der Waals surface area (Å²) in [4.78, 5) is 48.4. The zero-order valence-corrected chi connectivity index (χ0v) is 24.1. The third-order valence-corrected chi connectivity index (χ3v) is 7.82. The molecular weight excluding hydrogens is 561 g/mol. The lowest BCUT2D eigenvalue weighted by molar-refractivity contribution is -0.136. The number of amides is 3. The number of aromatic nitrogens is 1. The van der Waals surface area contributed by atoms with Gasteiger partial charge in [0.05, 0.1) is 11.1 Å². The first kappa shape index (κ1) is 32.8. The van der Waals surface area contributed by atoms with Crippen LogP contribution in [0, 0.1) is 5.82 Å². The van der Waals surface area contributed by atoms with Gasteiger partial charge in [0.25, 0.3) is 0 Å². The molecule has 1 aliphatic rings. The molecule has 0 aliphatic carbocycles. The Morgan fingerprint density at radius 1 is 1.07 bits per heavy atom. The van der Waals surface area contributed by atoms with Gasteiger partial charge >= 0.3 is 6.09 Å². The molecule has 4 rings (SSSR count). The van der Waals surface area contributed by atoms with Gasteiger partial charge in [0.1, 0.15) is 18.2 Å². The maximum absolute atomic E-state index is 13.8. The number of halogens is 2. The van der Waals surface area contributed by atoms with E-state index in [1.165, 1.54) is 11.0 Å². The minimum absolute atomic E-state index is 0. The van der Waals surface area contributed by atoms with E-state index in [1.54, 1.807) is 31.4 Å². The minimum Gasteiger partial charge on any atom is -0.447 e. The number of anilines is 1. The highest BCUT2D eigenvalue weighted by atomic mass is 35.5. The molecule has 2 aromatic carbocycles. The highest BCUT2D eigenvalue weighted by Gasteiger charge is 2.25. The topological polar surface area (TPSA) is 95.1 Å². The highest BCUT2D eigenvalue weighted by Crippen LogP contribution is 2.22. The number of pyridine rings is 1. The first-order chi connectivity index (χ1) is 19.7. The number of piperazine rings is 1. The van der Waals surface area contributed by atoms with E-state index >= 15 is 0 Å². The normalized spacial score (nSPS) is 14.1. The van der Waals surface area contributed by atoms with Crippen LogP contribution in [-0.4, -0.2) is 90.5 Å². The molecule has 3 amide bonds. The molecule has 3 aromatic rings. The summed E-state index contributed by atoms with van der Waals surface area (Å²) in [6.45, 7) is 2.81. The number of nitrogens with zero attached hydrogens (tertiary/aromatic N) is 4. The second-order valence-electron chi connectivity index (χ2n) is 10.2. The lowest BCUT2D eigenvalue weighted by atomic mass is 10.1. The largest absolute Gasteiger partial charge is 0.447 e. The van der Waals surface area contributed by atoms with Crippen LogP contribution >= 0.6 is 11.6 Å². The Balaban J connectivity index is 0.00000484. The number of ether oxygens (including phenoxy) is 1. The standard InChI is InChI=1S/C30H35ClFN5O4.CH4/c1-35-14-16-37(17-15-35)28(39)13-11-24(36(2)27(38)12-10-21-8-5-9-25(32)29(21)31)20-41-30(40)34-26-18-22-6-3-4-7-23(22)19-33-26;/h3-9,18-19,24H,10-17,20H2,1-2H3,(H,33,34,40);1H4/t24-;/m0./s1. The van der Waals surface area contributed by atoms with E-state index in [0.717, 1.165) is 23.9 Å². The van der Waals surface area contributed by atoms with Crippen LogP contribution in [0.2, 0.25) is 5.02 Å². The molecule has 9 nitrogen and oxygen atoms in total. The molecule has 0 saturated carbocycles. The average Bonchev–Trinajstić information content (AvgIpc) is 2.97. The van der Waals surface area contributed by atoms with Crippen LogP contribution in [0.25, 0.3) is 10.8 Å². The zero-order valence-electron chi connectivity index (χ0n) is 23.3. The van der Waals surface area contributed by atoms with E-state index in [1.807, 2.05) is 36.2 Å². The van der Waals surface area contributed by atoms with E-state index in [-0.39, 0.29) is 50.1 Å². The summed E-state index contributed by atoms with van der Waals surface area (Å²) < 4.78 is 19.3. The quantitative estimate of drug-likeness (QED) is 0.343. The Kier molecular flexibility index (Phi) is 12.1. The molecule has 42 heavy (non-hydrogen) atoms. The van der Waals surface area contributed by atoms with Crippen molar-refractivity contribution >= 4 is 46.1 Å². The Labute approximate surface area is 251 Å². The Morgan fingerprint density at radius 3 is 2.52 bits per heavy atom. The summed E-state index contributed by atoms with van der Waals surface area (Å²) in [6.07, 6.45) is 1.80. The van der Waals surface area contributed by atoms with Gasteiger partial charge in [-0.25, -0.2) is 14.2 Å². The second-order valence-corrected chi connectivity index (χ2v) is 10.6. The summed E-state index contributed by atoms with van der Waals surface area (Å²) in [5.41, 5.74) is 0.536. The summed E-state index contributed by atoms with van der Waals surface area (Å²) in [5.74, 6) is -0.430. The lowest BCUT2D eigenvalue weighted by Crippen LogP contribution is -2.48. The first-order valence-corrected chi connectivity index (χ1v) is 14.0. The molecule has 2 heterocycles. The third-order valence-electron chi connectivity index (χ3n) is 7.40. The Bertz CT molecular complexity index is 1380. The molecule has 0 unspecified atom stereocenters. The number of carbonyl (C=O) groups is 3. The molecule has 226 valence electrons. The number of hydrogen-bond acceptors (Lipinski definition) is 6. The van der Waals surface area contributed by atoms with E-state index in [0.29, 0.717) is 30.9 Å². The molecule has 1 fully saturated rings. The molecule has 11 heteroatoms. The van der Waals surface area contributed by atoms with Crippen molar-refractivity contribution in [2.24, 2.45) is 0 Å². The fourth-order valence-corrected chi connectivity index (χ4v) is 4.94. The average molecular weight is 600 g/mol. The number of nitrogens with one attached hydrogen (secondary N) is 1. The van der Waals surface area contributed by atoms with E-state index in [4.69, 9.17) is 16.3 Å². The number of rotatable bonds is 10. The molecule has 0 spiro atoms. The van der Waals surface area contributed by atoms with Crippen LogP contribution in [0.1, 0.15) is 32.3 Å². The highest BCUT2D eigenvalue weighted by molar-refractivity contribution is 6.31. The number of hydrogen-bond donors (Lipinski definition) is 1. The van der Waals surface area contributed by atoms with Crippen molar-refractivity contribution in [3.05, 3.63) is 71.1 Å². The van der Waals surface area contributed by atoms with Crippen molar-refractivity contribution in [2.75, 3.05) is 52.2 Å². The molecule has 0 radical (unpaired) electrons. The minimum atomic E-state index is -0.712. The van der Waals surface area contributed by atoms with Crippen molar-refractivity contribution in [1.82, 2.24) is 19.7 Å². The second kappa shape index (κ2) is 15.5. The number of likely N-dealkylation sites (N-methyl/N-ethyl adjacent to an activating group) is 2. The van der Waals surface area contributed by atoms with Crippen molar-refractivity contribution in [1.29, 1.82) is 0 Å². The predicted molar refractivity (Wildman–Crippen MR) is 163 cm³/mol. The zero-order chi connectivity index (χ0) is 29.4. The first-order valence-electron chi connectivity index (χ1n) is 13.6. The number of benzene rings is 2. The molecule has 1 aromatic heterocycles. The SMILES string of the molecule is C.CN1CCN(C(=O)CC[C@@H](COC(=O)Nc2cc3ccccc3cn2)N(C)C(=O)CCc2cccc(F)c2Cl)CC1. The fourth-order valence-electron chi connectivity index (χ4n) is 4.72. The van der Waals surface area contributed by atoms with Crippen LogP contribution in [0.4, 0.5) is 15.0 Å². The van der Waals surface area contributed by atoms with Gasteiger partial charge < -0.3 is 19.4 Å². The van der Waals surface area contributed by atoms with Crippen LogP contribution in [0.3, 0.4) is 0 Å². The summed E-state index contributed by atoms with van der Waals surface area (Å²) in [7, 11) is 3.64. The van der Waals surface area contributed by atoms with Crippen LogP contribution in [0.5, 0.6) is 0 Å². The van der Waals surface area contributed by atoms with Gasteiger partial charge in [0.15, 0.2) is 0 Å². The Morgan fingerprint density at radius 2 is 1.79 bits per heavy atom. The number of carbonyl (C=O) groups excluding carboxylic acids is 3. The van der Waals surface area contributed by atoms with Gasteiger partial charge in [0, 0.05) is 57.7 Å². The summed E-state index contributed by atoms with van der Waals surface area (Å²) >= 11 is 6.05. The fraction of sp³-hybridized carbons (Fsp3) is 0.419. The van der Waals surface area contributed by atoms with Crippen LogP contribution in [-0.2, 0) is 20.7 Å². The van der Waals surface area contributed by atoms with E-state index in [9.17, 15) is 18.8 Å². The van der Waals surface area contributed by atoms with Crippen LogP contribution in [0.15, 0.2) is 54.7 Å². The summed E-state index contributed by atoms with van der Waals surface area (Å²) in [5, 5.41) is 4.49. The van der Waals surface area contributed by atoms with Gasteiger partial charge in [0.2, 0.25) is 11.8 Å². The maximum atomic E-state index is 13.8. The molecular formula is C31H39ClFN5O4. The monoisotopic (exact) mass is 599 g/mol. The van der Waals surface area contributed by atoms with Gasteiger partial charge in [-0.1, -0.05) is 55.4 Å². The van der Waals surface area contributed by atoms with Gasteiger partial charge in [-0.3, -0.25) is 14.9 Å². The van der Waals surface area contributed by atoms with Crippen LogP contribution < -0.4 is 5.32 Å². The molecule has 1 N–H and O–H groups in total. The van der Waals surface area contributed by atoms with Crippen molar-refractivity contribution < 1.29 is 23.5 Å². The predicted octanol–water partition coefficient (Wildman–Crippen LogP) is 5.23. The molecule has 1 saturated heterocycles. The molecule has 1 atom stereocenters. The molecule has 0 bridgehead atoms.